The molecule has 2 amide bonds. The van der Waals surface area contributed by atoms with Gasteiger partial charge in [-0.05, 0) is 46.6 Å². The van der Waals surface area contributed by atoms with Gasteiger partial charge in [0, 0.05) is 4.47 Å². The van der Waals surface area contributed by atoms with Gasteiger partial charge in [0.2, 0.25) is 5.91 Å². The molecule has 1 aliphatic heterocycles. The Labute approximate surface area is 130 Å². The van der Waals surface area contributed by atoms with E-state index in [1.807, 2.05) is 37.3 Å². The van der Waals surface area contributed by atoms with Gasteiger partial charge in [0.25, 0.3) is 5.91 Å². The van der Waals surface area contributed by atoms with E-state index in [-0.39, 0.29) is 18.4 Å². The van der Waals surface area contributed by atoms with Crippen molar-refractivity contribution in [3.05, 3.63) is 58.1 Å². The van der Waals surface area contributed by atoms with Crippen molar-refractivity contribution in [3.63, 3.8) is 0 Å². The average Bonchev–Trinajstić information content (AvgIpc) is 2.48. The number of anilines is 2. The number of hydrogen-bond donors (Lipinski definition) is 1. The Morgan fingerprint density at radius 2 is 1.95 bits per heavy atom. The Hall–Kier alpha value is -2.14. The van der Waals surface area contributed by atoms with Gasteiger partial charge < -0.3 is 5.32 Å². The highest BCUT2D eigenvalue weighted by Gasteiger charge is 2.28. The van der Waals surface area contributed by atoms with E-state index in [9.17, 15) is 9.59 Å². The maximum absolute atomic E-state index is 12.8. The first-order chi connectivity index (χ1) is 10.1. The summed E-state index contributed by atoms with van der Waals surface area (Å²) in [6.07, 6.45) is 0. The molecule has 106 valence electrons. The molecular weight excluding hydrogens is 332 g/mol. The van der Waals surface area contributed by atoms with Crippen LogP contribution < -0.4 is 10.2 Å². The second-order valence-corrected chi connectivity index (χ2v) is 5.69. The number of nitrogens with one attached hydrogen (secondary N) is 1. The molecule has 0 aromatic heterocycles. The lowest BCUT2D eigenvalue weighted by atomic mass is 10.1. The second-order valence-electron chi connectivity index (χ2n) is 4.89. The largest absolute Gasteiger partial charge is 0.323 e. The Morgan fingerprint density at radius 1 is 1.19 bits per heavy atom. The van der Waals surface area contributed by atoms with Crippen LogP contribution in [0.1, 0.15) is 15.9 Å². The third-order valence-electron chi connectivity index (χ3n) is 3.44. The number of benzene rings is 2. The normalized spacial score (nSPS) is 13.6. The molecule has 1 aliphatic rings. The number of amides is 2. The number of hydrogen-bond acceptors (Lipinski definition) is 2. The summed E-state index contributed by atoms with van der Waals surface area (Å²) in [6, 6.07) is 12.8. The number of nitrogens with zero attached hydrogens (tertiary/aromatic N) is 1. The SMILES string of the molecule is Cc1cccc(C(=O)N2CC(=O)Nc3ccccc32)c1Br. The average molecular weight is 345 g/mol. The third-order valence-corrected chi connectivity index (χ3v) is 4.49. The Balaban J connectivity index is 2.06. The van der Waals surface area contributed by atoms with Crippen molar-refractivity contribution in [2.45, 2.75) is 6.92 Å². The van der Waals surface area contributed by atoms with Crippen LogP contribution in [0, 0.1) is 6.92 Å². The first kappa shape index (κ1) is 13.8. The number of fused-ring (bicyclic) bond motifs is 1. The summed E-state index contributed by atoms with van der Waals surface area (Å²) in [5, 5.41) is 2.78. The monoisotopic (exact) mass is 344 g/mol. The van der Waals surface area contributed by atoms with E-state index in [1.54, 1.807) is 12.1 Å². The molecule has 1 heterocycles. The van der Waals surface area contributed by atoms with Crippen molar-refractivity contribution in [1.82, 2.24) is 0 Å². The molecule has 2 aromatic rings. The van der Waals surface area contributed by atoms with E-state index in [0.717, 1.165) is 15.7 Å². The minimum absolute atomic E-state index is 0.0240. The molecule has 0 radical (unpaired) electrons. The summed E-state index contributed by atoms with van der Waals surface area (Å²) in [6.45, 7) is 1.95. The van der Waals surface area contributed by atoms with Crippen LogP contribution in [-0.2, 0) is 4.79 Å². The number of carbonyl (C=O) groups excluding carboxylic acids is 2. The van der Waals surface area contributed by atoms with E-state index in [0.29, 0.717) is 11.3 Å². The highest BCUT2D eigenvalue weighted by atomic mass is 79.9. The summed E-state index contributed by atoms with van der Waals surface area (Å²) < 4.78 is 0.762. The van der Waals surface area contributed by atoms with E-state index in [2.05, 4.69) is 21.2 Å². The number of rotatable bonds is 1. The lowest BCUT2D eigenvalue weighted by Crippen LogP contribution is -2.42. The number of halogens is 1. The fraction of sp³-hybridized carbons (Fsp3) is 0.125. The minimum atomic E-state index is -0.189. The summed E-state index contributed by atoms with van der Waals surface area (Å²) in [5.41, 5.74) is 2.91. The van der Waals surface area contributed by atoms with Crippen LogP contribution in [0.3, 0.4) is 0 Å². The van der Waals surface area contributed by atoms with Gasteiger partial charge in [-0.15, -0.1) is 0 Å². The van der Waals surface area contributed by atoms with Crippen LogP contribution >= 0.6 is 15.9 Å². The Kier molecular flexibility index (Phi) is 3.51. The number of para-hydroxylation sites is 2. The van der Waals surface area contributed by atoms with Gasteiger partial charge in [-0.25, -0.2) is 0 Å². The molecule has 21 heavy (non-hydrogen) atoms. The van der Waals surface area contributed by atoms with Gasteiger partial charge in [-0.1, -0.05) is 24.3 Å². The van der Waals surface area contributed by atoms with E-state index in [1.165, 1.54) is 4.90 Å². The maximum Gasteiger partial charge on any atom is 0.259 e. The van der Waals surface area contributed by atoms with E-state index in [4.69, 9.17) is 0 Å². The van der Waals surface area contributed by atoms with Crippen molar-refractivity contribution < 1.29 is 9.59 Å². The smallest absolute Gasteiger partial charge is 0.259 e. The third kappa shape index (κ3) is 2.45. The lowest BCUT2D eigenvalue weighted by molar-refractivity contribution is -0.115. The van der Waals surface area contributed by atoms with Crippen LogP contribution in [0.25, 0.3) is 0 Å². The van der Waals surface area contributed by atoms with E-state index >= 15 is 0 Å². The first-order valence-corrected chi connectivity index (χ1v) is 7.33. The standard InChI is InChI=1S/C16H13BrN2O2/c1-10-5-4-6-11(15(10)17)16(21)19-9-14(20)18-12-7-2-3-8-13(12)19/h2-8H,9H2,1H3,(H,18,20). The molecule has 0 fully saturated rings. The fourth-order valence-electron chi connectivity index (χ4n) is 2.37. The maximum atomic E-state index is 12.8. The highest BCUT2D eigenvalue weighted by molar-refractivity contribution is 9.10. The molecule has 0 bridgehead atoms. The summed E-state index contributed by atoms with van der Waals surface area (Å²) in [7, 11) is 0. The van der Waals surface area contributed by atoms with Crippen molar-refractivity contribution in [2.75, 3.05) is 16.8 Å². The topological polar surface area (TPSA) is 49.4 Å². The van der Waals surface area contributed by atoms with Gasteiger partial charge >= 0.3 is 0 Å². The zero-order chi connectivity index (χ0) is 15.0. The molecule has 0 saturated carbocycles. The number of carbonyl (C=O) groups is 2. The first-order valence-electron chi connectivity index (χ1n) is 6.54. The summed E-state index contributed by atoms with van der Waals surface area (Å²) in [4.78, 5) is 26.1. The van der Waals surface area contributed by atoms with Gasteiger partial charge in [-0.2, -0.15) is 0 Å². The molecule has 0 aliphatic carbocycles. The van der Waals surface area contributed by atoms with Crippen molar-refractivity contribution in [2.24, 2.45) is 0 Å². The predicted molar refractivity (Wildman–Crippen MR) is 85.6 cm³/mol. The Morgan fingerprint density at radius 3 is 2.76 bits per heavy atom. The van der Waals surface area contributed by atoms with Crippen LogP contribution in [0.2, 0.25) is 0 Å². The molecule has 0 spiro atoms. The summed E-state index contributed by atoms with van der Waals surface area (Å²) in [5.74, 6) is -0.376. The molecule has 1 N–H and O–H groups in total. The molecule has 0 saturated heterocycles. The van der Waals surface area contributed by atoms with Gasteiger partial charge in [0.1, 0.15) is 6.54 Å². The number of aryl methyl sites for hydroxylation is 1. The zero-order valence-electron chi connectivity index (χ0n) is 11.4. The quantitative estimate of drug-likeness (QED) is 0.862. The van der Waals surface area contributed by atoms with Gasteiger partial charge in [0.15, 0.2) is 0 Å². The minimum Gasteiger partial charge on any atom is -0.323 e. The molecule has 2 aromatic carbocycles. The predicted octanol–water partition coefficient (Wildman–Crippen LogP) is 3.36. The van der Waals surface area contributed by atoms with Gasteiger partial charge in [0.05, 0.1) is 16.9 Å². The van der Waals surface area contributed by atoms with Crippen molar-refractivity contribution in [3.8, 4) is 0 Å². The zero-order valence-corrected chi connectivity index (χ0v) is 13.0. The molecule has 0 unspecified atom stereocenters. The van der Waals surface area contributed by atoms with Crippen molar-refractivity contribution >= 4 is 39.1 Å². The molecule has 5 heteroatoms. The molecule has 3 rings (SSSR count). The van der Waals surface area contributed by atoms with Crippen LogP contribution in [-0.4, -0.2) is 18.4 Å². The van der Waals surface area contributed by atoms with Crippen LogP contribution in [0.5, 0.6) is 0 Å². The fourth-order valence-corrected chi connectivity index (χ4v) is 2.81. The van der Waals surface area contributed by atoms with Crippen molar-refractivity contribution in [1.29, 1.82) is 0 Å². The Bertz CT molecular complexity index is 743. The van der Waals surface area contributed by atoms with Crippen LogP contribution in [0.4, 0.5) is 11.4 Å². The molecule has 0 atom stereocenters. The molecule has 4 nitrogen and oxygen atoms in total. The van der Waals surface area contributed by atoms with E-state index < -0.39 is 0 Å². The highest BCUT2D eigenvalue weighted by Crippen LogP contribution is 2.31. The molecular formula is C16H13BrN2O2. The second kappa shape index (κ2) is 5.33. The lowest BCUT2D eigenvalue weighted by Gasteiger charge is -2.29. The van der Waals surface area contributed by atoms with Crippen LogP contribution in [0.15, 0.2) is 46.9 Å². The van der Waals surface area contributed by atoms with Gasteiger partial charge in [-0.3, -0.25) is 14.5 Å². The summed E-state index contributed by atoms with van der Waals surface area (Å²) >= 11 is 3.45.